The van der Waals surface area contributed by atoms with Crippen molar-refractivity contribution in [2.75, 3.05) is 6.54 Å². The van der Waals surface area contributed by atoms with Crippen LogP contribution in [0.3, 0.4) is 0 Å². The molecule has 0 spiro atoms. The second-order valence-corrected chi connectivity index (χ2v) is 6.20. The second-order valence-electron chi connectivity index (χ2n) is 5.81. The number of benzene rings is 2. The van der Waals surface area contributed by atoms with Crippen LogP contribution >= 0.6 is 12.2 Å². The zero-order valence-corrected chi connectivity index (χ0v) is 14.8. The third kappa shape index (κ3) is 3.78. The molecular weight excluding hydrogens is 330 g/mol. The van der Waals surface area contributed by atoms with Crippen LogP contribution in [0, 0.1) is 6.92 Å². The summed E-state index contributed by atoms with van der Waals surface area (Å²) in [6, 6.07) is 16.4. The normalized spacial score (nSPS) is 15.7. The van der Waals surface area contributed by atoms with Gasteiger partial charge in [-0.05, 0) is 48.0 Å². The van der Waals surface area contributed by atoms with Gasteiger partial charge in [0.1, 0.15) is 5.70 Å². The number of nitrogens with zero attached hydrogens (tertiary/aromatic N) is 1. The van der Waals surface area contributed by atoms with Crippen LogP contribution in [0.15, 0.2) is 66.9 Å². The van der Waals surface area contributed by atoms with E-state index >= 15 is 0 Å². The van der Waals surface area contributed by atoms with Gasteiger partial charge in [-0.1, -0.05) is 54.1 Å². The lowest BCUT2D eigenvalue weighted by Gasteiger charge is -2.29. The van der Waals surface area contributed by atoms with Crippen LogP contribution in [0.25, 0.3) is 17.2 Å². The van der Waals surface area contributed by atoms with Crippen molar-refractivity contribution < 1.29 is 4.79 Å². The van der Waals surface area contributed by atoms with Crippen molar-refractivity contribution in [3.05, 3.63) is 78.0 Å². The first-order valence-electron chi connectivity index (χ1n) is 7.96. The van der Waals surface area contributed by atoms with Gasteiger partial charge in [-0.15, -0.1) is 6.58 Å². The molecule has 1 amide bonds. The Bertz CT molecular complexity index is 855. The van der Waals surface area contributed by atoms with Crippen LogP contribution < -0.4 is 10.9 Å². The van der Waals surface area contributed by atoms with Crippen molar-refractivity contribution in [2.24, 2.45) is 0 Å². The number of carbonyl (C=O) groups is 1. The topological polar surface area (TPSA) is 44.4 Å². The number of thiocarbonyl (C=S) groups is 1. The SMILES string of the molecule is C=CCN1C(=O)/C(=C/c2cccc(-c3ccc(C)cc3)c2)NNC1=S. The van der Waals surface area contributed by atoms with E-state index in [2.05, 4.69) is 60.8 Å². The van der Waals surface area contributed by atoms with Crippen molar-refractivity contribution in [1.82, 2.24) is 15.8 Å². The first-order chi connectivity index (χ1) is 12.1. The Morgan fingerprint density at radius 1 is 1.12 bits per heavy atom. The van der Waals surface area contributed by atoms with Gasteiger partial charge in [0.25, 0.3) is 5.91 Å². The van der Waals surface area contributed by atoms with Crippen molar-refractivity contribution >= 4 is 29.3 Å². The second kappa shape index (κ2) is 7.32. The average molecular weight is 349 g/mol. The summed E-state index contributed by atoms with van der Waals surface area (Å²) in [5.74, 6) is -0.176. The van der Waals surface area contributed by atoms with Crippen LogP contribution in [-0.4, -0.2) is 22.5 Å². The number of rotatable bonds is 4. The summed E-state index contributed by atoms with van der Waals surface area (Å²) in [5.41, 5.74) is 10.5. The maximum atomic E-state index is 12.5. The van der Waals surface area contributed by atoms with Gasteiger partial charge in [0, 0.05) is 6.54 Å². The van der Waals surface area contributed by atoms with E-state index in [1.807, 2.05) is 18.2 Å². The molecule has 126 valence electrons. The fourth-order valence-corrected chi connectivity index (χ4v) is 2.80. The molecule has 1 saturated heterocycles. The summed E-state index contributed by atoms with van der Waals surface area (Å²) in [4.78, 5) is 14.0. The van der Waals surface area contributed by atoms with Gasteiger partial charge in [-0.2, -0.15) is 0 Å². The van der Waals surface area contributed by atoms with Crippen LogP contribution in [0.2, 0.25) is 0 Å². The van der Waals surface area contributed by atoms with E-state index in [0.717, 1.165) is 16.7 Å². The monoisotopic (exact) mass is 349 g/mol. The molecule has 3 rings (SSSR count). The fourth-order valence-electron chi connectivity index (χ4n) is 2.59. The minimum Gasteiger partial charge on any atom is -0.294 e. The molecule has 1 aliphatic rings. The maximum absolute atomic E-state index is 12.5. The molecule has 0 bridgehead atoms. The first kappa shape index (κ1) is 16.9. The zero-order chi connectivity index (χ0) is 17.8. The smallest absolute Gasteiger partial charge is 0.278 e. The van der Waals surface area contributed by atoms with Crippen LogP contribution in [-0.2, 0) is 4.79 Å². The van der Waals surface area contributed by atoms with E-state index in [1.54, 1.807) is 6.08 Å². The zero-order valence-electron chi connectivity index (χ0n) is 14.0. The van der Waals surface area contributed by atoms with Crippen LogP contribution in [0.5, 0.6) is 0 Å². The number of nitrogens with one attached hydrogen (secondary N) is 2. The Labute approximate surface area is 152 Å². The molecule has 0 unspecified atom stereocenters. The van der Waals surface area contributed by atoms with Crippen molar-refractivity contribution in [3.63, 3.8) is 0 Å². The first-order valence-corrected chi connectivity index (χ1v) is 8.37. The maximum Gasteiger partial charge on any atom is 0.278 e. The van der Waals surface area contributed by atoms with Gasteiger partial charge in [0.05, 0.1) is 0 Å². The molecule has 0 aliphatic carbocycles. The number of carbonyl (C=O) groups excluding carboxylic acids is 1. The molecule has 0 radical (unpaired) electrons. The predicted molar refractivity (Wildman–Crippen MR) is 105 cm³/mol. The highest BCUT2D eigenvalue weighted by molar-refractivity contribution is 7.80. The van der Waals surface area contributed by atoms with Gasteiger partial charge in [0.15, 0.2) is 5.11 Å². The molecule has 4 nitrogen and oxygen atoms in total. The molecule has 25 heavy (non-hydrogen) atoms. The average Bonchev–Trinajstić information content (AvgIpc) is 2.62. The highest BCUT2D eigenvalue weighted by Crippen LogP contribution is 2.22. The van der Waals surface area contributed by atoms with Gasteiger partial charge in [-0.25, -0.2) is 0 Å². The summed E-state index contributed by atoms with van der Waals surface area (Å²) in [5, 5.41) is 0.343. The van der Waals surface area contributed by atoms with Crippen LogP contribution in [0.1, 0.15) is 11.1 Å². The van der Waals surface area contributed by atoms with Crippen molar-refractivity contribution in [2.45, 2.75) is 6.92 Å². The van der Waals surface area contributed by atoms with E-state index < -0.39 is 0 Å². The summed E-state index contributed by atoms with van der Waals surface area (Å²) in [6.45, 7) is 6.10. The molecule has 1 heterocycles. The molecule has 0 aromatic heterocycles. The molecule has 0 atom stereocenters. The molecule has 5 heteroatoms. The summed E-state index contributed by atoms with van der Waals surface area (Å²) < 4.78 is 0. The molecular formula is C20H19N3OS. The number of hydrogen-bond donors (Lipinski definition) is 2. The van der Waals surface area contributed by atoms with Crippen molar-refractivity contribution in [1.29, 1.82) is 0 Å². The number of aryl methyl sites for hydroxylation is 1. The molecule has 2 aromatic rings. The predicted octanol–water partition coefficient (Wildman–Crippen LogP) is 3.41. The molecule has 2 aromatic carbocycles. The lowest BCUT2D eigenvalue weighted by Crippen LogP contribution is -2.56. The largest absolute Gasteiger partial charge is 0.294 e. The molecule has 1 fully saturated rings. The third-order valence-electron chi connectivity index (χ3n) is 3.92. The van der Waals surface area contributed by atoms with Gasteiger partial charge < -0.3 is 0 Å². The quantitative estimate of drug-likeness (QED) is 0.504. The van der Waals surface area contributed by atoms with E-state index in [-0.39, 0.29) is 5.91 Å². The Balaban J connectivity index is 1.89. The summed E-state index contributed by atoms with van der Waals surface area (Å²) in [6.07, 6.45) is 3.46. The highest BCUT2D eigenvalue weighted by Gasteiger charge is 2.25. The number of amides is 1. The minimum absolute atomic E-state index is 0.176. The Morgan fingerprint density at radius 3 is 2.60 bits per heavy atom. The number of hydrogen-bond acceptors (Lipinski definition) is 3. The molecule has 0 saturated carbocycles. The Hall–Kier alpha value is -2.92. The van der Waals surface area contributed by atoms with Gasteiger partial charge in [0.2, 0.25) is 0 Å². The highest BCUT2D eigenvalue weighted by atomic mass is 32.1. The standard InChI is InChI=1S/C20H19N3OS/c1-3-11-23-19(24)18(21-22-20(23)25)13-15-5-4-6-17(12-15)16-9-7-14(2)8-10-16/h3-10,12-13,21H,1,11H2,2H3,(H,22,25)/b18-13-. The summed E-state index contributed by atoms with van der Waals surface area (Å²) in [7, 11) is 0. The van der Waals surface area contributed by atoms with Gasteiger partial charge in [-0.3, -0.25) is 20.5 Å². The molecule has 1 aliphatic heterocycles. The molecule has 2 N–H and O–H groups in total. The fraction of sp³-hybridized carbons (Fsp3) is 0.100. The van der Waals surface area contributed by atoms with Gasteiger partial charge >= 0.3 is 0 Å². The lowest BCUT2D eigenvalue weighted by atomic mass is 10.0. The Morgan fingerprint density at radius 2 is 1.88 bits per heavy atom. The number of hydrazine groups is 1. The van der Waals surface area contributed by atoms with E-state index in [1.165, 1.54) is 10.5 Å². The van der Waals surface area contributed by atoms with E-state index in [4.69, 9.17) is 12.2 Å². The van der Waals surface area contributed by atoms with E-state index in [0.29, 0.717) is 17.4 Å². The Kier molecular flexibility index (Phi) is 4.95. The third-order valence-corrected chi connectivity index (χ3v) is 4.24. The summed E-state index contributed by atoms with van der Waals surface area (Å²) >= 11 is 5.14. The van der Waals surface area contributed by atoms with E-state index in [9.17, 15) is 4.79 Å². The van der Waals surface area contributed by atoms with Crippen molar-refractivity contribution in [3.8, 4) is 11.1 Å². The lowest BCUT2D eigenvalue weighted by molar-refractivity contribution is -0.124. The minimum atomic E-state index is -0.176. The van der Waals surface area contributed by atoms with Crippen LogP contribution in [0.4, 0.5) is 0 Å².